The van der Waals surface area contributed by atoms with Crippen LogP contribution in [0, 0.1) is 0 Å². The first-order chi connectivity index (χ1) is 13.0. The van der Waals surface area contributed by atoms with E-state index in [1.54, 1.807) is 36.4 Å². The van der Waals surface area contributed by atoms with Crippen LogP contribution >= 0.6 is 11.6 Å². The van der Waals surface area contributed by atoms with Crippen LogP contribution in [-0.4, -0.2) is 21.8 Å². The molecule has 0 aliphatic heterocycles. The lowest BCUT2D eigenvalue weighted by molar-refractivity contribution is -0.114. The molecule has 2 aromatic carbocycles. The molecule has 0 bridgehead atoms. The van der Waals surface area contributed by atoms with E-state index in [-0.39, 0.29) is 11.6 Å². The third kappa shape index (κ3) is 5.26. The first kappa shape index (κ1) is 18.3. The van der Waals surface area contributed by atoms with Gasteiger partial charge in [-0.1, -0.05) is 17.7 Å². The van der Waals surface area contributed by atoms with Gasteiger partial charge in [-0.2, -0.15) is 0 Å². The third-order valence-corrected chi connectivity index (χ3v) is 3.69. The maximum Gasteiger partial charge on any atom is 0.275 e. The third-order valence-electron chi connectivity index (χ3n) is 3.44. The molecule has 0 unspecified atom stereocenters. The van der Waals surface area contributed by atoms with Crippen molar-refractivity contribution in [1.29, 1.82) is 0 Å². The molecule has 1 heterocycles. The molecule has 0 radical (unpaired) electrons. The highest BCUT2D eigenvalue weighted by molar-refractivity contribution is 6.30. The molecule has 3 rings (SSSR count). The Morgan fingerprint density at radius 1 is 0.889 bits per heavy atom. The number of amides is 2. The molecule has 3 aromatic rings. The average molecular weight is 382 g/mol. The van der Waals surface area contributed by atoms with E-state index in [1.165, 1.54) is 19.3 Å². The molecule has 7 nitrogen and oxygen atoms in total. The van der Waals surface area contributed by atoms with E-state index >= 15 is 0 Å². The van der Waals surface area contributed by atoms with Gasteiger partial charge < -0.3 is 16.0 Å². The second-order valence-corrected chi connectivity index (χ2v) is 6.07. The van der Waals surface area contributed by atoms with Gasteiger partial charge in [0.15, 0.2) is 0 Å². The normalized spacial score (nSPS) is 10.1. The van der Waals surface area contributed by atoms with Crippen molar-refractivity contribution in [3.05, 3.63) is 71.6 Å². The van der Waals surface area contributed by atoms with Gasteiger partial charge >= 0.3 is 0 Å². The monoisotopic (exact) mass is 381 g/mol. The van der Waals surface area contributed by atoms with Crippen molar-refractivity contribution in [3.8, 4) is 0 Å². The zero-order valence-electron chi connectivity index (χ0n) is 14.4. The van der Waals surface area contributed by atoms with Gasteiger partial charge in [0.1, 0.15) is 11.5 Å². The number of aromatic nitrogens is 2. The molecule has 0 saturated heterocycles. The highest BCUT2D eigenvalue weighted by Gasteiger charge is 2.09. The minimum Gasteiger partial charge on any atom is -0.339 e. The van der Waals surface area contributed by atoms with E-state index in [2.05, 4.69) is 25.9 Å². The number of rotatable bonds is 5. The van der Waals surface area contributed by atoms with Gasteiger partial charge in [0, 0.05) is 29.0 Å². The molecule has 2 amide bonds. The SMILES string of the molecule is CC(=O)Nc1cccc(NC(=O)c2cnc(Nc3ccc(Cl)cc3)cn2)c1. The topological polar surface area (TPSA) is 96.0 Å². The van der Waals surface area contributed by atoms with E-state index in [4.69, 9.17) is 11.6 Å². The van der Waals surface area contributed by atoms with Crippen LogP contribution in [0.1, 0.15) is 17.4 Å². The number of carbonyl (C=O) groups is 2. The Morgan fingerprint density at radius 3 is 2.22 bits per heavy atom. The second-order valence-electron chi connectivity index (χ2n) is 5.63. The number of carbonyl (C=O) groups excluding carboxylic acids is 2. The fourth-order valence-corrected chi connectivity index (χ4v) is 2.39. The van der Waals surface area contributed by atoms with Gasteiger partial charge in [0.2, 0.25) is 5.91 Å². The van der Waals surface area contributed by atoms with Crippen molar-refractivity contribution in [2.24, 2.45) is 0 Å². The van der Waals surface area contributed by atoms with E-state index in [0.29, 0.717) is 22.2 Å². The number of hydrogen-bond acceptors (Lipinski definition) is 5. The molecule has 1 aromatic heterocycles. The van der Waals surface area contributed by atoms with E-state index in [9.17, 15) is 9.59 Å². The summed E-state index contributed by atoms with van der Waals surface area (Å²) in [6.45, 7) is 1.42. The van der Waals surface area contributed by atoms with Gasteiger partial charge in [0.25, 0.3) is 5.91 Å². The Morgan fingerprint density at radius 2 is 1.59 bits per heavy atom. The molecule has 27 heavy (non-hydrogen) atoms. The maximum absolute atomic E-state index is 12.3. The van der Waals surface area contributed by atoms with Crippen LogP contribution in [0.2, 0.25) is 5.02 Å². The van der Waals surface area contributed by atoms with Gasteiger partial charge in [0.05, 0.1) is 12.4 Å². The summed E-state index contributed by atoms with van der Waals surface area (Å²) in [5.41, 5.74) is 2.10. The summed E-state index contributed by atoms with van der Waals surface area (Å²) >= 11 is 5.85. The lowest BCUT2D eigenvalue weighted by atomic mass is 10.2. The lowest BCUT2D eigenvalue weighted by Gasteiger charge is -2.08. The number of halogens is 1. The Hall–Kier alpha value is -3.45. The van der Waals surface area contributed by atoms with E-state index in [1.807, 2.05) is 12.1 Å². The van der Waals surface area contributed by atoms with Gasteiger partial charge in [-0.05, 0) is 42.5 Å². The zero-order valence-corrected chi connectivity index (χ0v) is 15.1. The quantitative estimate of drug-likeness (QED) is 0.618. The van der Waals surface area contributed by atoms with Crippen LogP contribution < -0.4 is 16.0 Å². The van der Waals surface area contributed by atoms with Crippen molar-refractivity contribution in [2.75, 3.05) is 16.0 Å². The molecule has 0 atom stereocenters. The van der Waals surface area contributed by atoms with Crippen molar-refractivity contribution < 1.29 is 9.59 Å². The Bertz CT molecular complexity index is 959. The van der Waals surface area contributed by atoms with Gasteiger partial charge in [-0.3, -0.25) is 9.59 Å². The number of anilines is 4. The van der Waals surface area contributed by atoms with Crippen molar-refractivity contribution in [2.45, 2.75) is 6.92 Å². The maximum atomic E-state index is 12.3. The van der Waals surface area contributed by atoms with Crippen LogP contribution in [0.4, 0.5) is 22.9 Å². The molecular formula is C19H16ClN5O2. The van der Waals surface area contributed by atoms with E-state index < -0.39 is 5.91 Å². The number of nitrogens with zero attached hydrogens (tertiary/aromatic N) is 2. The predicted molar refractivity (Wildman–Crippen MR) is 105 cm³/mol. The molecular weight excluding hydrogens is 366 g/mol. The lowest BCUT2D eigenvalue weighted by Crippen LogP contribution is -2.14. The van der Waals surface area contributed by atoms with Crippen LogP contribution in [0.25, 0.3) is 0 Å². The first-order valence-corrected chi connectivity index (χ1v) is 8.41. The molecule has 0 spiro atoms. The van der Waals surface area contributed by atoms with Crippen molar-refractivity contribution in [3.63, 3.8) is 0 Å². The summed E-state index contributed by atoms with van der Waals surface area (Å²) in [4.78, 5) is 31.8. The van der Waals surface area contributed by atoms with Crippen molar-refractivity contribution >= 4 is 46.3 Å². The molecule has 3 N–H and O–H groups in total. The summed E-state index contributed by atoms with van der Waals surface area (Å²) in [6.07, 6.45) is 2.85. The molecule has 0 saturated carbocycles. The second kappa shape index (κ2) is 8.29. The summed E-state index contributed by atoms with van der Waals surface area (Å²) in [5.74, 6) is -0.0878. The zero-order chi connectivity index (χ0) is 19.2. The average Bonchev–Trinajstić information content (AvgIpc) is 2.64. The summed E-state index contributed by atoms with van der Waals surface area (Å²) < 4.78 is 0. The molecule has 0 aliphatic carbocycles. The molecule has 136 valence electrons. The van der Waals surface area contributed by atoms with Crippen LogP contribution in [0.3, 0.4) is 0 Å². The smallest absolute Gasteiger partial charge is 0.275 e. The molecule has 8 heteroatoms. The van der Waals surface area contributed by atoms with Gasteiger partial charge in [-0.25, -0.2) is 9.97 Å². The summed E-state index contributed by atoms with van der Waals surface area (Å²) in [5, 5.41) is 9.09. The predicted octanol–water partition coefficient (Wildman–Crippen LogP) is 4.08. The number of nitrogens with one attached hydrogen (secondary N) is 3. The van der Waals surface area contributed by atoms with Crippen LogP contribution in [0.15, 0.2) is 60.9 Å². The van der Waals surface area contributed by atoms with E-state index in [0.717, 1.165) is 5.69 Å². The first-order valence-electron chi connectivity index (χ1n) is 8.03. The molecule has 0 aliphatic rings. The Kier molecular flexibility index (Phi) is 5.63. The standard InChI is InChI=1S/C19H16ClN5O2/c1-12(26)23-15-3-2-4-16(9-15)25-19(27)17-10-22-18(11-21-17)24-14-7-5-13(20)6-8-14/h2-11H,1H3,(H,22,24)(H,23,26)(H,25,27). The fourth-order valence-electron chi connectivity index (χ4n) is 2.26. The fraction of sp³-hybridized carbons (Fsp3) is 0.0526. The highest BCUT2D eigenvalue weighted by atomic mass is 35.5. The Labute approximate surface area is 160 Å². The van der Waals surface area contributed by atoms with Gasteiger partial charge in [-0.15, -0.1) is 0 Å². The molecule has 0 fully saturated rings. The number of benzene rings is 2. The highest BCUT2D eigenvalue weighted by Crippen LogP contribution is 2.18. The Balaban J connectivity index is 1.65. The van der Waals surface area contributed by atoms with Crippen LogP contribution in [0.5, 0.6) is 0 Å². The largest absolute Gasteiger partial charge is 0.339 e. The van der Waals surface area contributed by atoms with Crippen LogP contribution in [-0.2, 0) is 4.79 Å². The van der Waals surface area contributed by atoms with Crippen molar-refractivity contribution in [1.82, 2.24) is 9.97 Å². The minimum atomic E-state index is -0.402. The minimum absolute atomic E-state index is 0.168. The summed E-state index contributed by atoms with van der Waals surface area (Å²) in [7, 11) is 0. The number of hydrogen-bond donors (Lipinski definition) is 3. The summed E-state index contributed by atoms with van der Waals surface area (Å²) in [6, 6.07) is 14.0.